The summed E-state index contributed by atoms with van der Waals surface area (Å²) in [6, 6.07) is 0.0781. The van der Waals surface area contributed by atoms with E-state index in [9.17, 15) is 13.2 Å². The van der Waals surface area contributed by atoms with Crippen molar-refractivity contribution in [3.05, 3.63) is 11.1 Å². The van der Waals surface area contributed by atoms with Crippen LogP contribution in [0.25, 0.3) is 0 Å². The van der Waals surface area contributed by atoms with Gasteiger partial charge in [-0.15, -0.1) is 0 Å². The molecule has 0 aromatic heterocycles. The lowest BCUT2D eigenvalue weighted by molar-refractivity contribution is -0.118. The number of carbonyl (C=O) groups is 1. The number of nitrogens with one attached hydrogen (secondary N) is 2. The average Bonchev–Trinajstić information content (AvgIpc) is 2.37. The van der Waals surface area contributed by atoms with Gasteiger partial charge in [0.1, 0.15) is 0 Å². The third kappa shape index (κ3) is 3.39. The predicted octanol–water partition coefficient (Wildman–Crippen LogP) is -0.164. The van der Waals surface area contributed by atoms with Gasteiger partial charge in [0.2, 0.25) is 15.9 Å². The van der Waals surface area contributed by atoms with E-state index in [-0.39, 0.29) is 17.7 Å². The van der Waals surface area contributed by atoms with Crippen molar-refractivity contribution in [2.75, 3.05) is 31.9 Å². The van der Waals surface area contributed by atoms with Gasteiger partial charge in [0.15, 0.2) is 0 Å². The first-order valence-corrected chi connectivity index (χ1v) is 8.73. The van der Waals surface area contributed by atoms with Crippen LogP contribution in [0.1, 0.15) is 26.7 Å². The van der Waals surface area contributed by atoms with Crippen LogP contribution in [0.4, 0.5) is 0 Å². The highest BCUT2D eigenvalue weighted by atomic mass is 32.2. The fourth-order valence-electron chi connectivity index (χ4n) is 2.43. The van der Waals surface area contributed by atoms with Gasteiger partial charge in [0.25, 0.3) is 0 Å². The predicted molar refractivity (Wildman–Crippen MR) is 77.8 cm³/mol. The maximum Gasteiger partial charge on any atom is 0.247 e. The highest BCUT2D eigenvalue weighted by molar-refractivity contribution is 7.89. The molecule has 114 valence electrons. The van der Waals surface area contributed by atoms with Gasteiger partial charge < -0.3 is 10.6 Å². The third-order valence-corrected chi connectivity index (χ3v) is 5.98. The number of piperidine rings is 1. The van der Waals surface area contributed by atoms with Crippen LogP contribution in [0.2, 0.25) is 0 Å². The van der Waals surface area contributed by atoms with E-state index in [2.05, 4.69) is 10.6 Å². The molecule has 1 amide bonds. The Kier molecular flexibility index (Phi) is 4.82. The lowest BCUT2D eigenvalue weighted by Gasteiger charge is -2.31. The number of hydrogen-bond donors (Lipinski definition) is 2. The first-order valence-electron chi connectivity index (χ1n) is 7.12. The average molecular weight is 301 g/mol. The van der Waals surface area contributed by atoms with Gasteiger partial charge >= 0.3 is 0 Å². The zero-order chi connectivity index (χ0) is 14.8. The van der Waals surface area contributed by atoms with Crippen molar-refractivity contribution >= 4 is 15.9 Å². The van der Waals surface area contributed by atoms with E-state index in [1.165, 1.54) is 4.31 Å². The SMILES string of the molecule is CCS(=O)(=O)N1CCC(NC(=O)C(C)=C2CNC2)CC1. The molecule has 2 rings (SSSR count). The van der Waals surface area contributed by atoms with Crippen molar-refractivity contribution in [3.8, 4) is 0 Å². The summed E-state index contributed by atoms with van der Waals surface area (Å²) in [5, 5.41) is 6.13. The minimum Gasteiger partial charge on any atom is -0.349 e. The number of amides is 1. The molecule has 6 nitrogen and oxygen atoms in total. The van der Waals surface area contributed by atoms with Crippen molar-refractivity contribution in [1.82, 2.24) is 14.9 Å². The van der Waals surface area contributed by atoms with Crippen LogP contribution in [-0.4, -0.2) is 56.6 Å². The van der Waals surface area contributed by atoms with Gasteiger partial charge in [0.05, 0.1) is 5.75 Å². The zero-order valence-electron chi connectivity index (χ0n) is 12.1. The fraction of sp³-hybridized carbons (Fsp3) is 0.769. The van der Waals surface area contributed by atoms with Gasteiger partial charge in [-0.25, -0.2) is 12.7 Å². The van der Waals surface area contributed by atoms with Crippen LogP contribution in [0, 0.1) is 0 Å². The number of hydrogen-bond acceptors (Lipinski definition) is 4. The van der Waals surface area contributed by atoms with E-state index in [1.807, 2.05) is 6.92 Å². The lowest BCUT2D eigenvalue weighted by atomic mass is 10.0. The summed E-state index contributed by atoms with van der Waals surface area (Å²) >= 11 is 0. The highest BCUT2D eigenvalue weighted by Crippen LogP contribution is 2.16. The Bertz CT molecular complexity index is 499. The summed E-state index contributed by atoms with van der Waals surface area (Å²) in [6.45, 7) is 6.10. The van der Waals surface area contributed by atoms with Crippen molar-refractivity contribution < 1.29 is 13.2 Å². The Hall–Kier alpha value is -0.920. The summed E-state index contributed by atoms with van der Waals surface area (Å²) in [7, 11) is -3.09. The van der Waals surface area contributed by atoms with Gasteiger partial charge in [-0.3, -0.25) is 4.79 Å². The van der Waals surface area contributed by atoms with Crippen LogP contribution < -0.4 is 10.6 Å². The molecule has 0 bridgehead atoms. The Morgan fingerprint density at radius 2 is 1.95 bits per heavy atom. The minimum atomic E-state index is -3.09. The molecule has 7 heteroatoms. The molecule has 2 aliphatic heterocycles. The van der Waals surface area contributed by atoms with Crippen molar-refractivity contribution in [2.24, 2.45) is 0 Å². The Labute approximate surface area is 120 Å². The van der Waals surface area contributed by atoms with Crippen LogP contribution in [0.5, 0.6) is 0 Å². The monoisotopic (exact) mass is 301 g/mol. The molecule has 0 unspecified atom stereocenters. The number of carbonyl (C=O) groups excluding carboxylic acids is 1. The molecular formula is C13H23N3O3S. The van der Waals surface area contributed by atoms with Gasteiger partial charge in [-0.2, -0.15) is 0 Å². The summed E-state index contributed by atoms with van der Waals surface area (Å²) in [5.41, 5.74) is 1.96. The Morgan fingerprint density at radius 3 is 2.40 bits per heavy atom. The van der Waals surface area contributed by atoms with Crippen molar-refractivity contribution in [2.45, 2.75) is 32.7 Å². The lowest BCUT2D eigenvalue weighted by Crippen LogP contribution is -2.47. The van der Waals surface area contributed by atoms with Gasteiger partial charge in [0, 0.05) is 37.8 Å². The maximum absolute atomic E-state index is 12.1. The summed E-state index contributed by atoms with van der Waals surface area (Å²) in [5.74, 6) is 0.126. The maximum atomic E-state index is 12.1. The van der Waals surface area contributed by atoms with Crippen LogP contribution in [-0.2, 0) is 14.8 Å². The standard InChI is InChI=1S/C13H23N3O3S/c1-3-20(18,19)16-6-4-12(5-7-16)15-13(17)10(2)11-8-14-9-11/h12,14H,3-9H2,1-2H3,(H,15,17). The molecule has 2 N–H and O–H groups in total. The second-order valence-corrected chi connectivity index (χ2v) is 7.64. The van der Waals surface area contributed by atoms with Crippen LogP contribution in [0.15, 0.2) is 11.1 Å². The second kappa shape index (κ2) is 6.24. The molecule has 0 saturated carbocycles. The molecule has 0 spiro atoms. The molecule has 0 aromatic carbocycles. The van der Waals surface area contributed by atoms with E-state index in [1.54, 1.807) is 6.92 Å². The number of sulfonamides is 1. The Morgan fingerprint density at radius 1 is 1.35 bits per heavy atom. The first-order chi connectivity index (χ1) is 9.44. The molecule has 2 fully saturated rings. The molecule has 2 heterocycles. The molecule has 0 aromatic rings. The summed E-state index contributed by atoms with van der Waals surface area (Å²) < 4.78 is 25.0. The molecule has 0 atom stereocenters. The second-order valence-electron chi connectivity index (χ2n) is 5.38. The van der Waals surface area contributed by atoms with E-state index < -0.39 is 10.0 Å². The number of nitrogens with zero attached hydrogens (tertiary/aromatic N) is 1. The molecular weight excluding hydrogens is 278 g/mol. The quantitative estimate of drug-likeness (QED) is 0.707. The van der Waals surface area contributed by atoms with E-state index in [0.29, 0.717) is 25.9 Å². The largest absolute Gasteiger partial charge is 0.349 e. The Balaban J connectivity index is 1.84. The molecule has 0 aliphatic carbocycles. The van der Waals surface area contributed by atoms with Crippen LogP contribution in [0.3, 0.4) is 0 Å². The van der Waals surface area contributed by atoms with Gasteiger partial charge in [-0.1, -0.05) is 0 Å². The minimum absolute atomic E-state index is 0.0155. The third-order valence-electron chi connectivity index (χ3n) is 4.10. The van der Waals surface area contributed by atoms with Gasteiger partial charge in [-0.05, 0) is 32.3 Å². The highest BCUT2D eigenvalue weighted by Gasteiger charge is 2.28. The molecule has 0 radical (unpaired) electrons. The first kappa shape index (κ1) is 15.5. The van der Waals surface area contributed by atoms with Crippen molar-refractivity contribution in [1.29, 1.82) is 0 Å². The molecule has 20 heavy (non-hydrogen) atoms. The van der Waals surface area contributed by atoms with E-state index >= 15 is 0 Å². The molecule has 2 saturated heterocycles. The normalized spacial score (nSPS) is 21.4. The molecule has 2 aliphatic rings. The summed E-state index contributed by atoms with van der Waals surface area (Å²) in [4.78, 5) is 12.1. The fourth-order valence-corrected chi connectivity index (χ4v) is 3.56. The van der Waals surface area contributed by atoms with Crippen molar-refractivity contribution in [3.63, 3.8) is 0 Å². The van der Waals surface area contributed by atoms with Crippen LogP contribution >= 0.6 is 0 Å². The van der Waals surface area contributed by atoms with E-state index in [4.69, 9.17) is 0 Å². The smallest absolute Gasteiger partial charge is 0.247 e. The zero-order valence-corrected chi connectivity index (χ0v) is 12.9. The summed E-state index contributed by atoms with van der Waals surface area (Å²) in [6.07, 6.45) is 1.37. The number of rotatable bonds is 4. The topological polar surface area (TPSA) is 78.5 Å². The van der Waals surface area contributed by atoms with E-state index in [0.717, 1.165) is 24.2 Å².